The van der Waals surface area contributed by atoms with Gasteiger partial charge < -0.3 is 14.6 Å². The standard InChI is InChI=1S/C17H17N5O/c1-12-16-19-11-15(22(16)9-10-23-12)14-7-8-18-17(21-14)20-13-5-3-2-4-6-13/h2-8,11-12H,9-10H2,1H3,(H,18,20,21). The van der Waals surface area contributed by atoms with Gasteiger partial charge in [-0.15, -0.1) is 0 Å². The van der Waals surface area contributed by atoms with Gasteiger partial charge in [-0.25, -0.2) is 15.0 Å². The fourth-order valence-corrected chi connectivity index (χ4v) is 2.76. The van der Waals surface area contributed by atoms with Crippen LogP contribution in [0.15, 0.2) is 48.8 Å². The Kier molecular flexibility index (Phi) is 3.51. The van der Waals surface area contributed by atoms with E-state index in [4.69, 9.17) is 4.74 Å². The molecule has 116 valence electrons. The number of hydrogen-bond acceptors (Lipinski definition) is 5. The Labute approximate surface area is 134 Å². The maximum atomic E-state index is 5.63. The van der Waals surface area contributed by atoms with Crippen LogP contribution < -0.4 is 5.32 Å². The molecule has 0 saturated heterocycles. The highest BCUT2D eigenvalue weighted by atomic mass is 16.5. The average Bonchev–Trinajstić information content (AvgIpc) is 3.02. The van der Waals surface area contributed by atoms with Crippen LogP contribution in [0.25, 0.3) is 11.4 Å². The molecule has 1 N–H and O–H groups in total. The maximum absolute atomic E-state index is 5.63. The van der Waals surface area contributed by atoms with Crippen molar-refractivity contribution in [3.05, 3.63) is 54.6 Å². The first kappa shape index (κ1) is 13.9. The first-order valence-corrected chi connectivity index (χ1v) is 7.64. The molecule has 23 heavy (non-hydrogen) atoms. The molecule has 1 atom stereocenters. The summed E-state index contributed by atoms with van der Waals surface area (Å²) in [4.78, 5) is 13.4. The van der Waals surface area contributed by atoms with E-state index in [1.54, 1.807) is 6.20 Å². The largest absolute Gasteiger partial charge is 0.369 e. The maximum Gasteiger partial charge on any atom is 0.227 e. The van der Waals surface area contributed by atoms with Crippen molar-refractivity contribution < 1.29 is 4.74 Å². The lowest BCUT2D eigenvalue weighted by Gasteiger charge is -2.22. The first-order valence-electron chi connectivity index (χ1n) is 7.64. The molecule has 0 saturated carbocycles. The number of hydrogen-bond donors (Lipinski definition) is 1. The van der Waals surface area contributed by atoms with Gasteiger partial charge in [0.15, 0.2) is 0 Å². The smallest absolute Gasteiger partial charge is 0.227 e. The van der Waals surface area contributed by atoms with Crippen molar-refractivity contribution in [2.75, 3.05) is 11.9 Å². The molecule has 1 aliphatic heterocycles. The van der Waals surface area contributed by atoms with Crippen LogP contribution in [0.4, 0.5) is 11.6 Å². The molecule has 6 nitrogen and oxygen atoms in total. The summed E-state index contributed by atoms with van der Waals surface area (Å²) in [5.41, 5.74) is 2.81. The van der Waals surface area contributed by atoms with Crippen LogP contribution in [0.3, 0.4) is 0 Å². The Morgan fingerprint density at radius 2 is 2.04 bits per heavy atom. The van der Waals surface area contributed by atoms with Gasteiger partial charge in [0.05, 0.1) is 24.2 Å². The number of anilines is 2. The minimum Gasteiger partial charge on any atom is -0.369 e. The highest BCUT2D eigenvalue weighted by Gasteiger charge is 2.22. The number of nitrogens with zero attached hydrogens (tertiary/aromatic N) is 4. The molecule has 0 aliphatic carbocycles. The Morgan fingerprint density at radius 3 is 2.91 bits per heavy atom. The van der Waals surface area contributed by atoms with Gasteiger partial charge in [-0.3, -0.25) is 0 Å². The van der Waals surface area contributed by atoms with Crippen molar-refractivity contribution in [1.82, 2.24) is 19.5 Å². The molecule has 0 spiro atoms. The van der Waals surface area contributed by atoms with Gasteiger partial charge in [-0.05, 0) is 25.1 Å². The van der Waals surface area contributed by atoms with Crippen LogP contribution in [-0.4, -0.2) is 26.1 Å². The molecule has 4 rings (SSSR count). The topological polar surface area (TPSA) is 64.9 Å². The van der Waals surface area contributed by atoms with Crippen LogP contribution in [0.5, 0.6) is 0 Å². The number of ether oxygens (including phenoxy) is 1. The quantitative estimate of drug-likeness (QED) is 0.805. The second kappa shape index (κ2) is 5.81. The Balaban J connectivity index is 1.67. The summed E-state index contributed by atoms with van der Waals surface area (Å²) in [6, 6.07) is 11.8. The summed E-state index contributed by atoms with van der Waals surface area (Å²) in [6.45, 7) is 3.50. The van der Waals surface area contributed by atoms with E-state index in [2.05, 4.69) is 24.8 Å². The van der Waals surface area contributed by atoms with E-state index < -0.39 is 0 Å². The molecular weight excluding hydrogens is 290 g/mol. The molecule has 0 fully saturated rings. The van der Waals surface area contributed by atoms with E-state index in [9.17, 15) is 0 Å². The molecule has 3 heterocycles. The molecule has 1 unspecified atom stereocenters. The Morgan fingerprint density at radius 1 is 1.17 bits per heavy atom. The number of benzene rings is 1. The average molecular weight is 307 g/mol. The van der Waals surface area contributed by atoms with E-state index in [1.165, 1.54) is 0 Å². The van der Waals surface area contributed by atoms with E-state index in [1.807, 2.05) is 49.5 Å². The van der Waals surface area contributed by atoms with Crippen molar-refractivity contribution in [2.45, 2.75) is 19.6 Å². The zero-order valence-electron chi connectivity index (χ0n) is 12.8. The fourth-order valence-electron chi connectivity index (χ4n) is 2.76. The lowest BCUT2D eigenvalue weighted by Crippen LogP contribution is -2.20. The number of fused-ring (bicyclic) bond motifs is 1. The third-order valence-electron chi connectivity index (χ3n) is 3.88. The molecule has 0 radical (unpaired) electrons. The van der Waals surface area contributed by atoms with E-state index in [-0.39, 0.29) is 6.10 Å². The van der Waals surface area contributed by atoms with Crippen LogP contribution in [0.2, 0.25) is 0 Å². The molecule has 3 aromatic rings. The van der Waals surface area contributed by atoms with Crippen molar-refractivity contribution in [1.29, 1.82) is 0 Å². The van der Waals surface area contributed by atoms with Crippen LogP contribution >= 0.6 is 0 Å². The van der Waals surface area contributed by atoms with Crippen LogP contribution in [0.1, 0.15) is 18.9 Å². The van der Waals surface area contributed by atoms with Crippen molar-refractivity contribution in [3.63, 3.8) is 0 Å². The van der Waals surface area contributed by atoms with Crippen molar-refractivity contribution in [3.8, 4) is 11.4 Å². The van der Waals surface area contributed by atoms with Crippen LogP contribution in [-0.2, 0) is 11.3 Å². The summed E-state index contributed by atoms with van der Waals surface area (Å²) in [7, 11) is 0. The number of nitrogens with one attached hydrogen (secondary N) is 1. The lowest BCUT2D eigenvalue weighted by atomic mass is 10.3. The van der Waals surface area contributed by atoms with Gasteiger partial charge in [0.2, 0.25) is 5.95 Å². The molecule has 0 bridgehead atoms. The summed E-state index contributed by atoms with van der Waals surface area (Å²) < 4.78 is 7.80. The van der Waals surface area contributed by atoms with E-state index in [0.717, 1.165) is 29.4 Å². The first-order chi connectivity index (χ1) is 11.3. The highest BCUT2D eigenvalue weighted by molar-refractivity contribution is 5.59. The Hall–Kier alpha value is -2.73. The van der Waals surface area contributed by atoms with Gasteiger partial charge in [-0.1, -0.05) is 18.2 Å². The summed E-state index contributed by atoms with van der Waals surface area (Å²) in [5.74, 6) is 1.52. The van der Waals surface area contributed by atoms with Crippen LogP contribution in [0, 0.1) is 0 Å². The zero-order valence-corrected chi connectivity index (χ0v) is 12.8. The Bertz CT molecular complexity index is 815. The normalized spacial score (nSPS) is 16.8. The van der Waals surface area contributed by atoms with Gasteiger partial charge in [0.25, 0.3) is 0 Å². The van der Waals surface area contributed by atoms with Gasteiger partial charge in [0, 0.05) is 18.4 Å². The SMILES string of the molecule is CC1OCCn2c(-c3ccnc(Nc4ccccc4)n3)cnc21. The highest BCUT2D eigenvalue weighted by Crippen LogP contribution is 2.27. The van der Waals surface area contributed by atoms with Gasteiger partial charge in [0.1, 0.15) is 11.9 Å². The zero-order chi connectivity index (χ0) is 15.6. The molecule has 6 heteroatoms. The number of aromatic nitrogens is 4. The van der Waals surface area contributed by atoms with Gasteiger partial charge in [-0.2, -0.15) is 0 Å². The monoisotopic (exact) mass is 307 g/mol. The van der Waals surface area contributed by atoms with E-state index in [0.29, 0.717) is 12.6 Å². The lowest BCUT2D eigenvalue weighted by molar-refractivity contribution is 0.0298. The number of rotatable bonds is 3. The van der Waals surface area contributed by atoms with Crippen molar-refractivity contribution in [2.24, 2.45) is 0 Å². The third-order valence-corrected chi connectivity index (χ3v) is 3.88. The minimum atomic E-state index is 0.0150. The second-order valence-electron chi connectivity index (χ2n) is 5.42. The van der Waals surface area contributed by atoms with Crippen molar-refractivity contribution >= 4 is 11.6 Å². The molecule has 0 amide bonds. The molecule has 2 aromatic heterocycles. The number of para-hydroxylation sites is 1. The molecule has 1 aliphatic rings. The molecular formula is C17H17N5O. The fraction of sp³-hybridized carbons (Fsp3) is 0.235. The predicted molar refractivity (Wildman–Crippen MR) is 87.3 cm³/mol. The summed E-state index contributed by atoms with van der Waals surface area (Å²) in [5, 5.41) is 3.22. The summed E-state index contributed by atoms with van der Waals surface area (Å²) >= 11 is 0. The third kappa shape index (κ3) is 2.68. The predicted octanol–water partition coefficient (Wildman–Crippen LogP) is 3.17. The summed E-state index contributed by atoms with van der Waals surface area (Å²) in [6.07, 6.45) is 3.63. The number of imidazole rings is 1. The molecule has 1 aromatic carbocycles. The minimum absolute atomic E-state index is 0.0150. The van der Waals surface area contributed by atoms with Gasteiger partial charge >= 0.3 is 0 Å². The second-order valence-corrected chi connectivity index (χ2v) is 5.42. The van der Waals surface area contributed by atoms with E-state index >= 15 is 0 Å².